The van der Waals surface area contributed by atoms with Crippen LogP contribution < -0.4 is 14.2 Å². The summed E-state index contributed by atoms with van der Waals surface area (Å²) in [5, 5.41) is 0. The molecule has 1 amide bonds. The summed E-state index contributed by atoms with van der Waals surface area (Å²) in [6.45, 7) is 2.48. The first-order chi connectivity index (χ1) is 13.5. The van der Waals surface area contributed by atoms with Crippen molar-refractivity contribution in [3.63, 3.8) is 0 Å². The van der Waals surface area contributed by atoms with E-state index in [0.717, 1.165) is 11.1 Å². The number of amides is 1. The second-order valence-corrected chi connectivity index (χ2v) is 7.88. The molecule has 1 fully saturated rings. The van der Waals surface area contributed by atoms with Crippen LogP contribution in [0.15, 0.2) is 41.3 Å². The summed E-state index contributed by atoms with van der Waals surface area (Å²) in [5.41, 5.74) is 2.93. The minimum absolute atomic E-state index is 0.118. The summed E-state index contributed by atoms with van der Waals surface area (Å²) >= 11 is 6.72. The molecule has 0 N–H and O–H groups in total. The summed E-state index contributed by atoms with van der Waals surface area (Å²) < 4.78 is 16.7. The number of aryl methyl sites for hydroxylation is 1. The van der Waals surface area contributed by atoms with Crippen molar-refractivity contribution >= 4 is 40.3 Å². The molecule has 3 rings (SSSR count). The van der Waals surface area contributed by atoms with Gasteiger partial charge in [-0.2, -0.15) is 0 Å². The molecule has 28 heavy (non-hydrogen) atoms. The van der Waals surface area contributed by atoms with Crippen LogP contribution >= 0.6 is 24.0 Å². The highest BCUT2D eigenvalue weighted by molar-refractivity contribution is 8.26. The Kier molecular flexibility index (Phi) is 6.26. The number of thioether (sulfide) groups is 1. The fourth-order valence-corrected chi connectivity index (χ4v) is 4.07. The van der Waals surface area contributed by atoms with Gasteiger partial charge in [0.25, 0.3) is 5.91 Å². The lowest BCUT2D eigenvalue weighted by Gasteiger charge is -2.14. The average Bonchev–Trinajstić information content (AvgIpc) is 2.96. The molecule has 0 bridgehead atoms. The highest BCUT2D eigenvalue weighted by Gasteiger charge is 2.32. The lowest BCUT2D eigenvalue weighted by molar-refractivity contribution is -0.122. The van der Waals surface area contributed by atoms with Gasteiger partial charge in [0.1, 0.15) is 10.1 Å². The van der Waals surface area contributed by atoms with Crippen LogP contribution in [-0.4, -0.2) is 36.5 Å². The molecule has 146 valence electrons. The van der Waals surface area contributed by atoms with E-state index >= 15 is 0 Å². The number of methoxy groups -OCH3 is 3. The largest absolute Gasteiger partial charge is 0.496 e. The number of hydrogen-bond acceptors (Lipinski definition) is 6. The van der Waals surface area contributed by atoms with Crippen LogP contribution in [0.2, 0.25) is 0 Å². The van der Waals surface area contributed by atoms with Crippen LogP contribution in [0, 0.1) is 6.92 Å². The molecule has 0 spiro atoms. The number of carbonyl (C=O) groups excluding carboxylic acids is 1. The Morgan fingerprint density at radius 2 is 1.61 bits per heavy atom. The Morgan fingerprint density at radius 1 is 1.00 bits per heavy atom. The zero-order chi connectivity index (χ0) is 20.3. The van der Waals surface area contributed by atoms with E-state index in [1.807, 2.05) is 31.2 Å². The number of nitrogens with zero attached hydrogens (tertiary/aromatic N) is 1. The predicted octanol–water partition coefficient (Wildman–Crippen LogP) is 4.42. The van der Waals surface area contributed by atoms with E-state index in [-0.39, 0.29) is 5.91 Å². The van der Waals surface area contributed by atoms with E-state index in [2.05, 4.69) is 0 Å². The smallest absolute Gasteiger partial charge is 0.266 e. The summed E-state index contributed by atoms with van der Waals surface area (Å²) in [7, 11) is 4.70. The quantitative estimate of drug-likeness (QED) is 0.514. The van der Waals surface area contributed by atoms with Gasteiger partial charge >= 0.3 is 0 Å². The van der Waals surface area contributed by atoms with Crippen molar-refractivity contribution in [2.24, 2.45) is 0 Å². The van der Waals surface area contributed by atoms with E-state index in [0.29, 0.717) is 33.0 Å². The molecular weight excluding hydrogens is 394 g/mol. The van der Waals surface area contributed by atoms with Crippen molar-refractivity contribution < 1.29 is 19.0 Å². The Balaban J connectivity index is 1.90. The molecule has 1 saturated heterocycles. The minimum Gasteiger partial charge on any atom is -0.496 e. The van der Waals surface area contributed by atoms with E-state index in [1.165, 1.54) is 17.3 Å². The van der Waals surface area contributed by atoms with Crippen LogP contribution in [0.25, 0.3) is 6.08 Å². The van der Waals surface area contributed by atoms with E-state index in [4.69, 9.17) is 26.4 Å². The molecule has 7 heteroatoms. The number of carbonyl (C=O) groups is 1. The summed E-state index contributed by atoms with van der Waals surface area (Å²) in [5.74, 6) is 1.59. The van der Waals surface area contributed by atoms with Crippen LogP contribution in [0.5, 0.6) is 17.2 Å². The number of thiocarbonyl (C=S) groups is 1. The molecule has 2 aromatic rings. The maximum absolute atomic E-state index is 12.9. The third-order valence-corrected chi connectivity index (χ3v) is 5.74. The van der Waals surface area contributed by atoms with Gasteiger partial charge in [0.05, 0.1) is 32.8 Å². The van der Waals surface area contributed by atoms with E-state index in [1.54, 1.807) is 44.4 Å². The predicted molar refractivity (Wildman–Crippen MR) is 116 cm³/mol. The van der Waals surface area contributed by atoms with Crippen molar-refractivity contribution in [3.8, 4) is 17.2 Å². The summed E-state index contributed by atoms with van der Waals surface area (Å²) in [4.78, 5) is 15.1. The van der Waals surface area contributed by atoms with Gasteiger partial charge in [-0.1, -0.05) is 53.8 Å². The van der Waals surface area contributed by atoms with Crippen molar-refractivity contribution in [3.05, 3.63) is 58.0 Å². The van der Waals surface area contributed by atoms with Crippen molar-refractivity contribution in [1.29, 1.82) is 0 Å². The number of ether oxygens (including phenoxy) is 3. The Bertz CT molecular complexity index is 938. The standard InChI is InChI=1S/C21H21NO4S2/c1-13-5-7-14(8-6-13)12-22-20(23)19(28-21(22)27)10-15-9-17(25-3)18(26-4)11-16(15)24-2/h5-11H,12H2,1-4H3/b19-10-. The van der Waals surface area contributed by atoms with Crippen molar-refractivity contribution in [1.82, 2.24) is 4.90 Å². The van der Waals surface area contributed by atoms with E-state index in [9.17, 15) is 4.79 Å². The second-order valence-electron chi connectivity index (χ2n) is 6.20. The third kappa shape index (κ3) is 4.15. The number of benzene rings is 2. The normalized spacial score (nSPS) is 15.3. The molecule has 1 heterocycles. The lowest BCUT2D eigenvalue weighted by Crippen LogP contribution is -2.27. The molecule has 0 radical (unpaired) electrons. The Hall–Kier alpha value is -2.51. The minimum atomic E-state index is -0.118. The second kappa shape index (κ2) is 8.67. The fraction of sp³-hybridized carbons (Fsp3) is 0.238. The van der Waals surface area contributed by atoms with Gasteiger partial charge in [-0.05, 0) is 24.6 Å². The van der Waals surface area contributed by atoms with Crippen molar-refractivity contribution in [2.75, 3.05) is 21.3 Å². The SMILES string of the molecule is COc1cc(OC)c(OC)cc1/C=C1\SC(=S)N(Cc2ccc(C)cc2)C1=O. The molecule has 5 nitrogen and oxygen atoms in total. The molecule has 0 unspecified atom stereocenters. The van der Waals surface area contributed by atoms with Gasteiger partial charge in [-0.25, -0.2) is 0 Å². The first-order valence-electron chi connectivity index (χ1n) is 8.57. The third-order valence-electron chi connectivity index (χ3n) is 4.36. The Labute approximate surface area is 174 Å². The fourth-order valence-electron chi connectivity index (χ4n) is 2.82. The Morgan fingerprint density at radius 3 is 2.21 bits per heavy atom. The number of rotatable bonds is 6. The highest BCUT2D eigenvalue weighted by Crippen LogP contribution is 2.39. The van der Waals surface area contributed by atoms with Crippen LogP contribution in [0.3, 0.4) is 0 Å². The first-order valence-corrected chi connectivity index (χ1v) is 9.80. The summed E-state index contributed by atoms with van der Waals surface area (Å²) in [6.07, 6.45) is 1.77. The monoisotopic (exact) mass is 415 g/mol. The molecule has 0 aliphatic carbocycles. The average molecular weight is 416 g/mol. The molecule has 0 aromatic heterocycles. The van der Waals surface area contributed by atoms with Crippen LogP contribution in [0.1, 0.15) is 16.7 Å². The lowest BCUT2D eigenvalue weighted by atomic mass is 10.1. The van der Waals surface area contributed by atoms with Gasteiger partial charge in [0.15, 0.2) is 11.5 Å². The van der Waals surface area contributed by atoms with Crippen LogP contribution in [-0.2, 0) is 11.3 Å². The van der Waals surface area contributed by atoms with Gasteiger partial charge in [0, 0.05) is 11.6 Å². The van der Waals surface area contributed by atoms with Crippen LogP contribution in [0.4, 0.5) is 0 Å². The van der Waals surface area contributed by atoms with Gasteiger partial charge < -0.3 is 14.2 Å². The van der Waals surface area contributed by atoms with Gasteiger partial charge in [0.2, 0.25) is 0 Å². The molecule has 1 aliphatic heterocycles. The number of hydrogen-bond donors (Lipinski definition) is 0. The zero-order valence-electron chi connectivity index (χ0n) is 16.1. The topological polar surface area (TPSA) is 48.0 Å². The molecule has 2 aromatic carbocycles. The molecule has 0 atom stereocenters. The van der Waals surface area contributed by atoms with E-state index < -0.39 is 0 Å². The maximum Gasteiger partial charge on any atom is 0.266 e. The van der Waals surface area contributed by atoms with Crippen molar-refractivity contribution in [2.45, 2.75) is 13.5 Å². The first kappa shape index (κ1) is 20.2. The molecule has 0 saturated carbocycles. The van der Waals surface area contributed by atoms with Gasteiger partial charge in [-0.3, -0.25) is 9.69 Å². The highest BCUT2D eigenvalue weighted by atomic mass is 32.2. The van der Waals surface area contributed by atoms with Gasteiger partial charge in [-0.15, -0.1) is 0 Å². The summed E-state index contributed by atoms with van der Waals surface area (Å²) in [6, 6.07) is 11.6. The molecular formula is C21H21NO4S2. The zero-order valence-corrected chi connectivity index (χ0v) is 17.8. The maximum atomic E-state index is 12.9. The molecule has 1 aliphatic rings.